The Kier molecular flexibility index (Phi) is 4.35. The van der Waals surface area contributed by atoms with Crippen LogP contribution < -0.4 is 0 Å². The molecular formula is C18H25N3O2S. The van der Waals surface area contributed by atoms with Crippen LogP contribution in [-0.4, -0.2) is 65.3 Å². The van der Waals surface area contributed by atoms with Crippen molar-refractivity contribution in [2.75, 3.05) is 32.7 Å². The van der Waals surface area contributed by atoms with Gasteiger partial charge >= 0.3 is 0 Å². The largest absolute Gasteiger partial charge is 0.343 e. The average molecular weight is 347 g/mol. The van der Waals surface area contributed by atoms with E-state index in [-0.39, 0.29) is 11.8 Å². The Bertz CT molecular complexity index is 630. The molecule has 0 N–H and O–H groups in total. The number of thiophene rings is 1. The summed E-state index contributed by atoms with van der Waals surface area (Å²) in [6.07, 6.45) is 2.80. The predicted octanol–water partition coefficient (Wildman–Crippen LogP) is 1.58. The van der Waals surface area contributed by atoms with Gasteiger partial charge in [-0.1, -0.05) is 0 Å². The molecule has 0 radical (unpaired) electrons. The number of hydrogen-bond acceptors (Lipinski definition) is 4. The van der Waals surface area contributed by atoms with Crippen LogP contribution in [0.1, 0.15) is 30.2 Å². The maximum atomic E-state index is 12.6. The first-order valence-electron chi connectivity index (χ1n) is 8.95. The van der Waals surface area contributed by atoms with Crippen molar-refractivity contribution >= 4 is 23.2 Å². The lowest BCUT2D eigenvalue weighted by Crippen LogP contribution is -2.63. The van der Waals surface area contributed by atoms with Crippen molar-refractivity contribution < 1.29 is 9.59 Å². The number of carbonyl (C=O) groups is 2. The first kappa shape index (κ1) is 16.1. The van der Waals surface area contributed by atoms with Gasteiger partial charge in [-0.25, -0.2) is 0 Å². The predicted molar refractivity (Wildman–Crippen MR) is 93.8 cm³/mol. The lowest BCUT2D eigenvalue weighted by molar-refractivity contribution is -0.146. The van der Waals surface area contributed by atoms with Crippen LogP contribution in [0.3, 0.4) is 0 Å². The van der Waals surface area contributed by atoms with Crippen LogP contribution >= 0.6 is 11.3 Å². The third-order valence-electron chi connectivity index (χ3n) is 5.82. The van der Waals surface area contributed by atoms with Crippen molar-refractivity contribution in [1.82, 2.24) is 14.7 Å². The van der Waals surface area contributed by atoms with Crippen LogP contribution in [-0.2, 0) is 22.6 Å². The molecule has 1 aromatic rings. The number of piperidine rings is 1. The van der Waals surface area contributed by atoms with Crippen LogP contribution in [0.25, 0.3) is 0 Å². The molecule has 0 spiro atoms. The summed E-state index contributed by atoms with van der Waals surface area (Å²) >= 11 is 1.87. The molecular weight excluding hydrogens is 322 g/mol. The first-order chi connectivity index (χ1) is 11.6. The van der Waals surface area contributed by atoms with E-state index in [1.54, 1.807) is 6.92 Å². The maximum Gasteiger partial charge on any atom is 0.225 e. The number of fused-ring (bicyclic) bond motifs is 1. The van der Waals surface area contributed by atoms with Gasteiger partial charge in [0.25, 0.3) is 0 Å². The van der Waals surface area contributed by atoms with Gasteiger partial charge in [0.2, 0.25) is 11.8 Å². The number of carbonyl (C=O) groups excluding carboxylic acids is 2. The van der Waals surface area contributed by atoms with E-state index >= 15 is 0 Å². The molecule has 0 atom stereocenters. The van der Waals surface area contributed by atoms with Crippen molar-refractivity contribution in [2.45, 2.75) is 38.8 Å². The smallest absolute Gasteiger partial charge is 0.225 e. The van der Waals surface area contributed by atoms with Gasteiger partial charge in [-0.15, -0.1) is 11.3 Å². The summed E-state index contributed by atoms with van der Waals surface area (Å²) in [5.41, 5.74) is 1.48. The van der Waals surface area contributed by atoms with Crippen LogP contribution in [0.2, 0.25) is 0 Å². The topological polar surface area (TPSA) is 43.9 Å². The zero-order valence-corrected chi connectivity index (χ0v) is 15.1. The number of rotatable bonds is 2. The molecule has 5 nitrogen and oxygen atoms in total. The highest BCUT2D eigenvalue weighted by Crippen LogP contribution is 2.29. The van der Waals surface area contributed by atoms with Crippen LogP contribution in [0.15, 0.2) is 11.4 Å². The summed E-state index contributed by atoms with van der Waals surface area (Å²) in [6.45, 7) is 7.00. The van der Waals surface area contributed by atoms with Gasteiger partial charge in [-0.05, 0) is 36.3 Å². The van der Waals surface area contributed by atoms with Gasteiger partial charge in [-0.3, -0.25) is 14.5 Å². The Morgan fingerprint density at radius 2 is 1.88 bits per heavy atom. The van der Waals surface area contributed by atoms with E-state index < -0.39 is 0 Å². The van der Waals surface area contributed by atoms with E-state index in [9.17, 15) is 9.59 Å². The molecule has 4 rings (SSSR count). The van der Waals surface area contributed by atoms with Gasteiger partial charge in [-0.2, -0.15) is 0 Å². The Labute approximate surface area is 147 Å². The summed E-state index contributed by atoms with van der Waals surface area (Å²) in [7, 11) is 0. The molecule has 0 aliphatic carbocycles. The van der Waals surface area contributed by atoms with Gasteiger partial charge in [0.1, 0.15) is 0 Å². The SMILES string of the molecule is CC(=O)N1CCC(C(=O)N2CC(N3CCc4sccc4C3)C2)CC1. The first-order valence-corrected chi connectivity index (χ1v) is 9.83. The number of amides is 2. The number of likely N-dealkylation sites (tertiary alicyclic amines) is 2. The molecule has 3 aliphatic rings. The van der Waals surface area contributed by atoms with Crippen molar-refractivity contribution in [1.29, 1.82) is 0 Å². The molecule has 3 aliphatic heterocycles. The van der Waals surface area contributed by atoms with Crippen LogP contribution in [0.5, 0.6) is 0 Å². The third kappa shape index (κ3) is 2.97. The van der Waals surface area contributed by atoms with Crippen molar-refractivity contribution in [3.8, 4) is 0 Å². The fraction of sp³-hybridized carbons (Fsp3) is 0.667. The Morgan fingerprint density at radius 1 is 1.12 bits per heavy atom. The van der Waals surface area contributed by atoms with Gasteiger partial charge < -0.3 is 9.80 Å². The van der Waals surface area contributed by atoms with Gasteiger partial charge in [0.05, 0.1) is 0 Å². The normalized spacial score (nSPS) is 23.0. The molecule has 24 heavy (non-hydrogen) atoms. The molecule has 2 saturated heterocycles. The zero-order chi connectivity index (χ0) is 16.7. The second-order valence-electron chi connectivity index (χ2n) is 7.27. The highest BCUT2D eigenvalue weighted by Gasteiger charge is 2.39. The molecule has 0 unspecified atom stereocenters. The minimum Gasteiger partial charge on any atom is -0.343 e. The molecule has 1 aromatic heterocycles. The summed E-state index contributed by atoms with van der Waals surface area (Å²) < 4.78 is 0. The average Bonchev–Trinajstić information content (AvgIpc) is 3.01. The standard InChI is InChI=1S/C18H25N3O2S/c1-13(22)19-6-2-14(3-7-19)18(23)21-11-16(12-21)20-8-4-17-15(10-20)5-9-24-17/h5,9,14,16H,2-4,6-8,10-12H2,1H3. The van der Waals surface area contributed by atoms with Crippen molar-refractivity contribution in [3.05, 3.63) is 21.9 Å². The minimum absolute atomic E-state index is 0.117. The molecule has 0 bridgehead atoms. The molecule has 0 aromatic carbocycles. The third-order valence-corrected chi connectivity index (χ3v) is 6.84. The van der Waals surface area contributed by atoms with E-state index in [0.717, 1.165) is 58.5 Å². The molecule has 2 amide bonds. The summed E-state index contributed by atoms with van der Waals surface area (Å²) in [5.74, 6) is 0.553. The molecule has 0 saturated carbocycles. The maximum absolute atomic E-state index is 12.6. The van der Waals surface area contributed by atoms with E-state index in [2.05, 4.69) is 16.3 Å². The van der Waals surface area contributed by atoms with E-state index in [0.29, 0.717) is 11.9 Å². The van der Waals surface area contributed by atoms with Crippen LogP contribution in [0, 0.1) is 5.92 Å². The fourth-order valence-electron chi connectivity index (χ4n) is 4.15. The molecule has 130 valence electrons. The van der Waals surface area contributed by atoms with Gasteiger partial charge in [0.15, 0.2) is 0 Å². The van der Waals surface area contributed by atoms with Gasteiger partial charge in [0, 0.05) is 63.0 Å². The minimum atomic E-state index is 0.117. The number of hydrogen-bond donors (Lipinski definition) is 0. The molecule has 2 fully saturated rings. The monoisotopic (exact) mass is 347 g/mol. The lowest BCUT2D eigenvalue weighted by atomic mass is 9.92. The molecule has 6 heteroatoms. The van der Waals surface area contributed by atoms with Crippen molar-refractivity contribution in [2.24, 2.45) is 5.92 Å². The zero-order valence-electron chi connectivity index (χ0n) is 14.2. The van der Waals surface area contributed by atoms with E-state index in [4.69, 9.17) is 0 Å². The fourth-order valence-corrected chi connectivity index (χ4v) is 5.04. The quantitative estimate of drug-likeness (QED) is 0.816. The summed E-state index contributed by atoms with van der Waals surface area (Å²) in [4.78, 5) is 32.0. The lowest BCUT2D eigenvalue weighted by Gasteiger charge is -2.48. The molecule has 4 heterocycles. The second kappa shape index (κ2) is 6.48. The Balaban J connectivity index is 1.26. The number of nitrogens with zero attached hydrogens (tertiary/aromatic N) is 3. The Hall–Kier alpha value is -1.40. The summed E-state index contributed by atoms with van der Waals surface area (Å²) in [5, 5.41) is 2.19. The van der Waals surface area contributed by atoms with E-state index in [1.165, 1.54) is 10.4 Å². The summed E-state index contributed by atoms with van der Waals surface area (Å²) in [6, 6.07) is 2.77. The van der Waals surface area contributed by atoms with Crippen LogP contribution in [0.4, 0.5) is 0 Å². The Morgan fingerprint density at radius 3 is 2.58 bits per heavy atom. The highest BCUT2D eigenvalue weighted by molar-refractivity contribution is 7.10. The highest BCUT2D eigenvalue weighted by atomic mass is 32.1. The van der Waals surface area contributed by atoms with E-state index in [1.807, 2.05) is 21.1 Å². The second-order valence-corrected chi connectivity index (χ2v) is 8.27. The van der Waals surface area contributed by atoms with Crippen molar-refractivity contribution in [3.63, 3.8) is 0 Å².